The zero-order valence-electron chi connectivity index (χ0n) is 11.0. The van der Waals surface area contributed by atoms with E-state index in [0.717, 1.165) is 0 Å². The van der Waals surface area contributed by atoms with Gasteiger partial charge in [0, 0.05) is 25.8 Å². The van der Waals surface area contributed by atoms with E-state index < -0.39 is 5.97 Å². The predicted octanol–water partition coefficient (Wildman–Crippen LogP) is 0.172. The van der Waals surface area contributed by atoms with Gasteiger partial charge in [0.1, 0.15) is 0 Å². The summed E-state index contributed by atoms with van der Waals surface area (Å²) < 4.78 is 9.69. The van der Waals surface area contributed by atoms with Crippen LogP contribution in [0.15, 0.2) is 16.7 Å². The number of carboxylic acid groups (broad SMARTS) is 1. The molecule has 0 unspecified atom stereocenters. The van der Waals surface area contributed by atoms with Crippen molar-refractivity contribution in [2.24, 2.45) is 0 Å². The van der Waals surface area contributed by atoms with Gasteiger partial charge in [-0.3, -0.25) is 9.69 Å². The van der Waals surface area contributed by atoms with Crippen LogP contribution in [-0.4, -0.2) is 55.7 Å². The van der Waals surface area contributed by atoms with Crippen molar-refractivity contribution in [1.29, 1.82) is 0 Å². The van der Waals surface area contributed by atoms with Gasteiger partial charge in [-0.15, -0.1) is 0 Å². The molecule has 0 aromatic carbocycles. The van der Waals surface area contributed by atoms with Crippen LogP contribution in [0.1, 0.15) is 16.1 Å². The van der Waals surface area contributed by atoms with Crippen LogP contribution < -0.4 is 5.32 Å². The van der Waals surface area contributed by atoms with Crippen LogP contribution in [0.5, 0.6) is 0 Å². The van der Waals surface area contributed by atoms with Gasteiger partial charge < -0.3 is 19.6 Å². The molecule has 0 atom stereocenters. The largest absolute Gasteiger partial charge is 0.475 e. The molecule has 0 saturated carbocycles. The lowest BCUT2D eigenvalue weighted by Crippen LogP contribution is -2.36. The number of carboxylic acids is 1. The Morgan fingerprint density at radius 3 is 2.89 bits per heavy atom. The number of rotatable bonds is 8. The predicted molar refractivity (Wildman–Crippen MR) is 66.9 cm³/mol. The summed E-state index contributed by atoms with van der Waals surface area (Å²) in [6, 6.07) is 1.59. The lowest BCUT2D eigenvalue weighted by atomic mass is 10.2. The Bertz CT molecular complexity index is 430. The SMILES string of the molecule is COCCNC(=O)CN(C)Cc1ccoc1C(=O)O. The smallest absolute Gasteiger partial charge is 0.372 e. The standard InChI is InChI=1S/C12H18N2O5/c1-14(8-10(15)13-4-6-18-2)7-9-3-5-19-11(9)12(16)17/h3,5H,4,6-8H2,1-2H3,(H,13,15)(H,16,17). The molecule has 106 valence electrons. The number of furan rings is 1. The molecule has 7 nitrogen and oxygen atoms in total. The number of methoxy groups -OCH3 is 1. The summed E-state index contributed by atoms with van der Waals surface area (Å²) in [6.45, 7) is 1.42. The second kappa shape index (κ2) is 7.55. The summed E-state index contributed by atoms with van der Waals surface area (Å²) in [7, 11) is 3.29. The Labute approximate surface area is 111 Å². The molecular formula is C12H18N2O5. The average molecular weight is 270 g/mol. The Kier molecular flexibility index (Phi) is 6.04. The van der Waals surface area contributed by atoms with Crippen LogP contribution in [0.3, 0.4) is 0 Å². The van der Waals surface area contributed by atoms with E-state index in [2.05, 4.69) is 5.32 Å². The number of carbonyl (C=O) groups excluding carboxylic acids is 1. The van der Waals surface area contributed by atoms with Gasteiger partial charge >= 0.3 is 5.97 Å². The molecule has 0 aliphatic rings. The first-order valence-electron chi connectivity index (χ1n) is 5.78. The van der Waals surface area contributed by atoms with Gasteiger partial charge in [-0.2, -0.15) is 0 Å². The van der Waals surface area contributed by atoms with Crippen molar-refractivity contribution in [3.63, 3.8) is 0 Å². The normalized spacial score (nSPS) is 10.7. The maximum atomic E-state index is 11.5. The van der Waals surface area contributed by atoms with Crippen molar-refractivity contribution < 1.29 is 23.8 Å². The lowest BCUT2D eigenvalue weighted by Gasteiger charge is -2.15. The fourth-order valence-corrected chi connectivity index (χ4v) is 1.59. The van der Waals surface area contributed by atoms with Crippen molar-refractivity contribution >= 4 is 11.9 Å². The molecule has 1 heterocycles. The molecule has 1 aromatic rings. The number of hydrogen-bond acceptors (Lipinski definition) is 5. The number of hydrogen-bond donors (Lipinski definition) is 2. The van der Waals surface area contributed by atoms with E-state index in [1.54, 1.807) is 25.1 Å². The quantitative estimate of drug-likeness (QED) is 0.654. The highest BCUT2D eigenvalue weighted by atomic mass is 16.5. The molecule has 0 aliphatic heterocycles. The van der Waals surface area contributed by atoms with Gasteiger partial charge in [-0.1, -0.05) is 0 Å². The van der Waals surface area contributed by atoms with Crippen molar-refractivity contribution in [3.8, 4) is 0 Å². The number of nitrogens with zero attached hydrogens (tertiary/aromatic N) is 1. The van der Waals surface area contributed by atoms with Crippen LogP contribution in [0.2, 0.25) is 0 Å². The number of amides is 1. The molecule has 0 bridgehead atoms. The van der Waals surface area contributed by atoms with E-state index in [0.29, 0.717) is 25.3 Å². The molecule has 7 heteroatoms. The molecule has 1 rings (SSSR count). The molecular weight excluding hydrogens is 252 g/mol. The number of carbonyl (C=O) groups is 2. The fourth-order valence-electron chi connectivity index (χ4n) is 1.59. The third kappa shape index (κ3) is 5.11. The molecule has 1 amide bonds. The Morgan fingerprint density at radius 2 is 2.26 bits per heavy atom. The molecule has 2 N–H and O–H groups in total. The molecule has 1 aromatic heterocycles. The highest BCUT2D eigenvalue weighted by molar-refractivity contribution is 5.86. The van der Waals surface area contributed by atoms with Crippen molar-refractivity contribution in [2.75, 3.05) is 33.9 Å². The molecule has 0 fully saturated rings. The first-order chi connectivity index (χ1) is 9.04. The minimum absolute atomic E-state index is 0.0911. The van der Waals surface area contributed by atoms with E-state index in [4.69, 9.17) is 14.3 Å². The van der Waals surface area contributed by atoms with Gasteiger partial charge in [0.15, 0.2) is 0 Å². The minimum atomic E-state index is -1.11. The van der Waals surface area contributed by atoms with E-state index >= 15 is 0 Å². The van der Waals surface area contributed by atoms with E-state index in [1.807, 2.05) is 0 Å². The van der Waals surface area contributed by atoms with Gasteiger partial charge in [0.2, 0.25) is 11.7 Å². The molecule has 0 saturated heterocycles. The molecule has 0 aliphatic carbocycles. The molecule has 19 heavy (non-hydrogen) atoms. The maximum Gasteiger partial charge on any atom is 0.372 e. The molecule has 0 spiro atoms. The summed E-state index contributed by atoms with van der Waals surface area (Å²) in [6.07, 6.45) is 1.32. The zero-order valence-corrected chi connectivity index (χ0v) is 11.0. The lowest BCUT2D eigenvalue weighted by molar-refractivity contribution is -0.122. The number of nitrogens with one attached hydrogen (secondary N) is 1. The maximum absolute atomic E-state index is 11.5. The fraction of sp³-hybridized carbons (Fsp3) is 0.500. The number of likely N-dealkylation sites (N-methyl/N-ethyl adjacent to an activating group) is 1. The highest BCUT2D eigenvalue weighted by Gasteiger charge is 2.16. The van der Waals surface area contributed by atoms with E-state index in [9.17, 15) is 9.59 Å². The highest BCUT2D eigenvalue weighted by Crippen LogP contribution is 2.12. The second-order valence-electron chi connectivity index (χ2n) is 4.10. The summed E-state index contributed by atoms with van der Waals surface area (Å²) in [4.78, 5) is 24.1. The van der Waals surface area contributed by atoms with Crippen molar-refractivity contribution in [3.05, 3.63) is 23.7 Å². The van der Waals surface area contributed by atoms with E-state index in [1.165, 1.54) is 6.26 Å². The topological polar surface area (TPSA) is 92.0 Å². The molecule has 0 radical (unpaired) electrons. The summed E-state index contributed by atoms with van der Waals surface area (Å²) in [5.41, 5.74) is 0.541. The first kappa shape index (κ1) is 15.2. The second-order valence-corrected chi connectivity index (χ2v) is 4.10. The van der Waals surface area contributed by atoms with E-state index in [-0.39, 0.29) is 18.2 Å². The zero-order chi connectivity index (χ0) is 14.3. The third-order valence-corrected chi connectivity index (χ3v) is 2.42. The van der Waals surface area contributed by atoms with Crippen LogP contribution >= 0.6 is 0 Å². The van der Waals surface area contributed by atoms with Crippen molar-refractivity contribution in [1.82, 2.24) is 10.2 Å². The monoisotopic (exact) mass is 270 g/mol. The third-order valence-electron chi connectivity index (χ3n) is 2.42. The number of aromatic carboxylic acids is 1. The van der Waals surface area contributed by atoms with Gasteiger partial charge in [-0.05, 0) is 13.1 Å². The Hall–Kier alpha value is -1.86. The van der Waals surface area contributed by atoms with Crippen LogP contribution in [0.25, 0.3) is 0 Å². The number of ether oxygens (including phenoxy) is 1. The van der Waals surface area contributed by atoms with Gasteiger partial charge in [0.05, 0.1) is 19.4 Å². The summed E-state index contributed by atoms with van der Waals surface area (Å²) >= 11 is 0. The Morgan fingerprint density at radius 1 is 1.53 bits per heavy atom. The minimum Gasteiger partial charge on any atom is -0.475 e. The van der Waals surface area contributed by atoms with Gasteiger partial charge in [-0.25, -0.2) is 4.79 Å². The average Bonchev–Trinajstić information content (AvgIpc) is 2.77. The first-order valence-corrected chi connectivity index (χ1v) is 5.78. The van der Waals surface area contributed by atoms with Crippen LogP contribution in [-0.2, 0) is 16.1 Å². The summed E-state index contributed by atoms with van der Waals surface area (Å²) in [5, 5.41) is 11.6. The van der Waals surface area contributed by atoms with Crippen LogP contribution in [0.4, 0.5) is 0 Å². The van der Waals surface area contributed by atoms with Crippen molar-refractivity contribution in [2.45, 2.75) is 6.54 Å². The Balaban J connectivity index is 2.42. The van der Waals surface area contributed by atoms with Gasteiger partial charge in [0.25, 0.3) is 0 Å². The summed E-state index contributed by atoms with van der Waals surface area (Å²) in [5.74, 6) is -1.34. The van der Waals surface area contributed by atoms with Crippen LogP contribution in [0, 0.1) is 0 Å².